The molecule has 1 aliphatic heterocycles. The largest absolute Gasteiger partial charge is 0.507 e. The van der Waals surface area contributed by atoms with Crippen molar-refractivity contribution in [2.45, 2.75) is 72.9 Å². The van der Waals surface area contributed by atoms with Gasteiger partial charge in [0.2, 0.25) is 5.78 Å². The number of allylic oxidation sites excluding steroid dienone is 3. The second kappa shape index (κ2) is 11.6. The normalized spacial score (nSPS) is 27.2. The second-order valence-electron chi connectivity index (χ2n) is 11.4. The number of cyclic esters (lactones) is 1. The fourth-order valence-electron chi connectivity index (χ4n) is 5.74. The molecule has 0 radical (unpaired) electrons. The number of carbonyl (C=O) groups excluding carboxylic acids is 4. The Bertz CT molecular complexity index is 1300. The number of hydrogen-bond acceptors (Lipinski definition) is 10. The van der Waals surface area contributed by atoms with Gasteiger partial charge in [-0.3, -0.25) is 19.2 Å². The van der Waals surface area contributed by atoms with E-state index in [1.165, 1.54) is 26.0 Å². The molecule has 1 aromatic carbocycles. The van der Waals surface area contributed by atoms with Gasteiger partial charge in [0.15, 0.2) is 11.6 Å². The molecule has 10 heteroatoms. The number of phenolic OH excluding ortho intramolecular Hbond substituents is 1. The maximum atomic E-state index is 13.5. The van der Waals surface area contributed by atoms with Gasteiger partial charge >= 0.3 is 5.97 Å². The number of aryl methyl sites for hydroxylation is 1. The van der Waals surface area contributed by atoms with Crippen molar-refractivity contribution in [2.24, 2.45) is 35.3 Å². The van der Waals surface area contributed by atoms with E-state index in [4.69, 9.17) is 10.5 Å². The van der Waals surface area contributed by atoms with Crippen LogP contribution in [0.5, 0.6) is 5.75 Å². The molecule has 1 heterocycles. The molecule has 1 fully saturated rings. The lowest BCUT2D eigenvalue weighted by Crippen LogP contribution is -2.52. The molecule has 1 aromatic rings. The summed E-state index contributed by atoms with van der Waals surface area (Å²) >= 11 is 0. The van der Waals surface area contributed by atoms with E-state index in [1.807, 2.05) is 0 Å². The molecule has 2 aliphatic rings. The minimum absolute atomic E-state index is 0.0626. The standard InChI is InChI=1S/C30H39NO9/c1-11(23(33)14(4)26(36)15(5)29-16(6)27(37)17(7)30(39)40-29)8-12(2)24(34)22-21-18(9-13(3)25(22)35)28(38)19(31)10-20(21)32/h8-11,14-17,23,26-27,29,33,35-37H,31H2,1-7H3/t11-,14+,15+,16-,17+,23+,26+,27+,29-/m1/s1. The highest BCUT2D eigenvalue weighted by atomic mass is 16.6. The van der Waals surface area contributed by atoms with Gasteiger partial charge in [-0.15, -0.1) is 0 Å². The summed E-state index contributed by atoms with van der Waals surface area (Å²) in [6.45, 7) is 11.2. The van der Waals surface area contributed by atoms with E-state index in [9.17, 15) is 39.6 Å². The van der Waals surface area contributed by atoms with E-state index in [2.05, 4.69) is 0 Å². The molecule has 0 bridgehead atoms. The molecule has 0 aromatic heterocycles. The second-order valence-corrected chi connectivity index (χ2v) is 11.4. The maximum absolute atomic E-state index is 13.5. The molecule has 1 saturated heterocycles. The highest BCUT2D eigenvalue weighted by Gasteiger charge is 2.45. The molecular weight excluding hydrogens is 518 g/mol. The summed E-state index contributed by atoms with van der Waals surface area (Å²) in [6.07, 6.45) is -1.52. The number of phenols is 1. The van der Waals surface area contributed by atoms with Crippen molar-refractivity contribution in [1.82, 2.24) is 0 Å². The number of ether oxygens (including phenoxy) is 1. The van der Waals surface area contributed by atoms with Crippen molar-refractivity contribution in [3.05, 3.63) is 51.7 Å². The van der Waals surface area contributed by atoms with Crippen molar-refractivity contribution in [3.8, 4) is 5.75 Å². The number of aliphatic hydroxyl groups is 3. The lowest BCUT2D eigenvalue weighted by molar-refractivity contribution is -0.189. The van der Waals surface area contributed by atoms with Crippen LogP contribution in [-0.2, 0) is 9.53 Å². The zero-order valence-corrected chi connectivity index (χ0v) is 23.8. The van der Waals surface area contributed by atoms with Gasteiger partial charge in [-0.2, -0.15) is 0 Å². The molecule has 1 aliphatic carbocycles. The van der Waals surface area contributed by atoms with Crippen LogP contribution in [0, 0.1) is 36.5 Å². The van der Waals surface area contributed by atoms with E-state index in [0.29, 0.717) is 0 Å². The number of aliphatic hydroxyl groups excluding tert-OH is 3. The highest BCUT2D eigenvalue weighted by Crippen LogP contribution is 2.36. The maximum Gasteiger partial charge on any atom is 0.311 e. The van der Waals surface area contributed by atoms with Crippen LogP contribution < -0.4 is 5.73 Å². The summed E-state index contributed by atoms with van der Waals surface area (Å²) in [4.78, 5) is 50.9. The van der Waals surface area contributed by atoms with Crippen LogP contribution >= 0.6 is 0 Å². The van der Waals surface area contributed by atoms with Crippen LogP contribution in [-0.4, -0.2) is 68.2 Å². The van der Waals surface area contributed by atoms with Gasteiger partial charge in [-0.25, -0.2) is 0 Å². The van der Waals surface area contributed by atoms with Gasteiger partial charge in [0.25, 0.3) is 0 Å². The molecule has 0 spiro atoms. The molecule has 0 unspecified atom stereocenters. The first-order chi connectivity index (χ1) is 18.5. The summed E-state index contributed by atoms with van der Waals surface area (Å²) < 4.78 is 5.50. The van der Waals surface area contributed by atoms with Crippen LogP contribution in [0.4, 0.5) is 0 Å². The van der Waals surface area contributed by atoms with Crippen LogP contribution in [0.15, 0.2) is 29.5 Å². The first kappa shape index (κ1) is 31.2. The third-order valence-electron chi connectivity index (χ3n) is 8.49. The number of carbonyl (C=O) groups is 4. The molecule has 9 atom stereocenters. The Hall–Kier alpha value is -3.34. The van der Waals surface area contributed by atoms with Crippen molar-refractivity contribution < 1.29 is 44.3 Å². The lowest BCUT2D eigenvalue weighted by Gasteiger charge is -2.42. The Morgan fingerprint density at radius 1 is 1.10 bits per heavy atom. The molecule has 40 heavy (non-hydrogen) atoms. The fourth-order valence-corrected chi connectivity index (χ4v) is 5.74. The average Bonchev–Trinajstić information content (AvgIpc) is 2.91. The third-order valence-corrected chi connectivity index (χ3v) is 8.49. The summed E-state index contributed by atoms with van der Waals surface area (Å²) in [5, 5.41) is 43.3. The Labute approximate surface area is 233 Å². The number of ketones is 3. The Kier molecular flexibility index (Phi) is 9.08. The van der Waals surface area contributed by atoms with Crippen LogP contribution in [0.1, 0.15) is 78.2 Å². The first-order valence-corrected chi connectivity index (χ1v) is 13.4. The Morgan fingerprint density at radius 3 is 2.30 bits per heavy atom. The summed E-state index contributed by atoms with van der Waals surface area (Å²) in [7, 11) is 0. The quantitative estimate of drug-likeness (QED) is 0.180. The molecule has 0 amide bonds. The van der Waals surface area contributed by atoms with Gasteiger partial charge in [0.05, 0.1) is 35.5 Å². The molecular formula is C30H39NO9. The van der Waals surface area contributed by atoms with E-state index in [-0.39, 0.29) is 33.5 Å². The lowest BCUT2D eigenvalue weighted by atomic mass is 9.75. The number of benzene rings is 1. The number of esters is 1. The van der Waals surface area contributed by atoms with E-state index in [1.54, 1.807) is 34.6 Å². The van der Waals surface area contributed by atoms with Crippen LogP contribution in [0.25, 0.3) is 0 Å². The van der Waals surface area contributed by atoms with Crippen molar-refractivity contribution in [1.29, 1.82) is 0 Å². The number of rotatable bonds is 8. The summed E-state index contributed by atoms with van der Waals surface area (Å²) in [5.74, 6) is -6.05. The van der Waals surface area contributed by atoms with Gasteiger partial charge in [-0.1, -0.05) is 33.8 Å². The smallest absolute Gasteiger partial charge is 0.311 e. The Balaban J connectivity index is 1.84. The SMILES string of the molecule is CC(=C[C@@H](C)[C@H](O)[C@H](C)[C@H](O)[C@H](C)[C@H]1OC(=O)[C@@H](C)[C@@H](O)[C@H]1C)C(=O)c1c(O)c(C)cc2c1C(=O)C=C(N)C2=O. The molecule has 0 saturated carbocycles. The molecule has 10 nitrogen and oxygen atoms in total. The number of nitrogens with two attached hydrogens (primary N) is 1. The van der Waals surface area contributed by atoms with E-state index in [0.717, 1.165) is 6.08 Å². The van der Waals surface area contributed by atoms with Crippen molar-refractivity contribution in [3.63, 3.8) is 0 Å². The minimum atomic E-state index is -1.13. The molecule has 6 N–H and O–H groups in total. The predicted octanol–water partition coefficient (Wildman–Crippen LogP) is 2.24. The van der Waals surface area contributed by atoms with E-state index < -0.39 is 83.1 Å². The van der Waals surface area contributed by atoms with Gasteiger partial charge in [-0.05, 0) is 38.0 Å². The zero-order valence-electron chi connectivity index (χ0n) is 23.8. The topological polar surface area (TPSA) is 184 Å². The van der Waals surface area contributed by atoms with Crippen LogP contribution in [0.3, 0.4) is 0 Å². The number of aromatic hydroxyl groups is 1. The summed E-state index contributed by atoms with van der Waals surface area (Å²) in [6, 6.07) is 1.32. The fraction of sp³-hybridized carbons (Fsp3) is 0.533. The zero-order chi connectivity index (χ0) is 30.4. The van der Waals surface area contributed by atoms with Gasteiger partial charge < -0.3 is 30.9 Å². The summed E-state index contributed by atoms with van der Waals surface area (Å²) in [5.41, 5.74) is 5.13. The van der Waals surface area contributed by atoms with Crippen molar-refractivity contribution >= 4 is 23.3 Å². The predicted molar refractivity (Wildman–Crippen MR) is 146 cm³/mol. The van der Waals surface area contributed by atoms with Crippen molar-refractivity contribution in [2.75, 3.05) is 0 Å². The first-order valence-electron chi connectivity index (χ1n) is 13.4. The van der Waals surface area contributed by atoms with E-state index >= 15 is 0 Å². The number of fused-ring (bicyclic) bond motifs is 1. The molecule has 218 valence electrons. The number of hydrogen-bond donors (Lipinski definition) is 5. The number of Topliss-reactive ketones (excluding diaryl/α,β-unsaturated/α-hetero) is 2. The Morgan fingerprint density at radius 2 is 1.70 bits per heavy atom. The van der Waals surface area contributed by atoms with Crippen LogP contribution in [0.2, 0.25) is 0 Å². The monoisotopic (exact) mass is 557 g/mol. The molecule has 3 rings (SSSR count). The van der Waals surface area contributed by atoms with Gasteiger partial charge in [0, 0.05) is 40.9 Å². The highest BCUT2D eigenvalue weighted by molar-refractivity contribution is 6.29. The third kappa shape index (κ3) is 5.48. The average molecular weight is 558 g/mol. The minimum Gasteiger partial charge on any atom is -0.507 e. The van der Waals surface area contributed by atoms with Gasteiger partial charge in [0.1, 0.15) is 11.9 Å².